The molecule has 0 amide bonds. The summed E-state index contributed by atoms with van der Waals surface area (Å²) >= 11 is 1.30. The van der Waals surface area contributed by atoms with Crippen molar-refractivity contribution in [3.63, 3.8) is 0 Å². The lowest BCUT2D eigenvalue weighted by Crippen LogP contribution is -2.00. The zero-order valence-electron chi connectivity index (χ0n) is 6.64. The van der Waals surface area contributed by atoms with E-state index in [4.69, 9.17) is 10.7 Å². The maximum absolute atomic E-state index is 8.50. The van der Waals surface area contributed by atoms with Gasteiger partial charge in [-0.2, -0.15) is 5.26 Å². The van der Waals surface area contributed by atoms with E-state index in [0.29, 0.717) is 5.16 Å². The number of hydrogen-bond donors (Lipinski definition) is 1. The van der Waals surface area contributed by atoms with Gasteiger partial charge in [0.05, 0.1) is 0 Å². The summed E-state index contributed by atoms with van der Waals surface area (Å²) in [6.07, 6.45) is 1.79. The molecule has 0 saturated carbocycles. The second kappa shape index (κ2) is 4.30. The van der Waals surface area contributed by atoms with E-state index >= 15 is 0 Å². The molecule has 1 aromatic heterocycles. The Bertz CT molecular complexity index is 385. The van der Waals surface area contributed by atoms with Crippen molar-refractivity contribution in [2.45, 2.75) is 5.16 Å². The van der Waals surface area contributed by atoms with E-state index in [2.05, 4.69) is 20.4 Å². The molecule has 7 heteroatoms. The minimum absolute atomic E-state index is 0.0234. The van der Waals surface area contributed by atoms with Crippen molar-refractivity contribution in [3.8, 4) is 6.07 Å². The molecule has 0 aliphatic heterocycles. The number of allylic oxidation sites excluding steroid dienone is 1. The van der Waals surface area contributed by atoms with E-state index in [0.717, 1.165) is 0 Å². The molecule has 0 radical (unpaired) electrons. The largest absolute Gasteiger partial charge is 0.257 e. The highest BCUT2D eigenvalue weighted by Gasteiger charge is 2.05. The second-order valence-electron chi connectivity index (χ2n) is 1.82. The van der Waals surface area contributed by atoms with Crippen LogP contribution in [0.5, 0.6) is 0 Å². The van der Waals surface area contributed by atoms with Crippen LogP contribution in [0.2, 0.25) is 0 Å². The molecule has 0 aromatic carbocycles. The zero-order valence-corrected chi connectivity index (χ0v) is 7.46. The van der Waals surface area contributed by atoms with Crippen LogP contribution in [0.25, 0.3) is 5.57 Å². The predicted molar refractivity (Wildman–Crippen MR) is 46.1 cm³/mol. The van der Waals surface area contributed by atoms with Gasteiger partial charge in [-0.1, -0.05) is 11.8 Å². The SMILES string of the molecule is CSc1nnc(C(=C=N)C#N)nn1. The summed E-state index contributed by atoms with van der Waals surface area (Å²) in [4.78, 5) is 0. The summed E-state index contributed by atoms with van der Waals surface area (Å²) in [5.74, 6) is 1.92. The summed E-state index contributed by atoms with van der Waals surface area (Å²) < 4.78 is 0. The molecule has 0 spiro atoms. The maximum Gasteiger partial charge on any atom is 0.229 e. The van der Waals surface area contributed by atoms with E-state index in [9.17, 15) is 0 Å². The molecule has 1 aromatic rings. The van der Waals surface area contributed by atoms with Gasteiger partial charge in [0, 0.05) is 5.87 Å². The first-order chi connectivity index (χ1) is 6.31. The van der Waals surface area contributed by atoms with Gasteiger partial charge in [-0.05, 0) is 6.26 Å². The summed E-state index contributed by atoms with van der Waals surface area (Å²) in [6, 6.07) is 1.71. The number of thioether (sulfide) groups is 1. The molecule has 13 heavy (non-hydrogen) atoms. The zero-order chi connectivity index (χ0) is 9.68. The van der Waals surface area contributed by atoms with Gasteiger partial charge in [0.1, 0.15) is 6.07 Å². The lowest BCUT2D eigenvalue weighted by atomic mass is 10.3. The molecule has 0 bridgehead atoms. The quantitative estimate of drug-likeness (QED) is 0.406. The van der Waals surface area contributed by atoms with Crippen molar-refractivity contribution in [3.05, 3.63) is 5.82 Å². The van der Waals surface area contributed by atoms with Crippen LogP contribution >= 0.6 is 11.8 Å². The van der Waals surface area contributed by atoms with Crippen LogP contribution in [0.1, 0.15) is 5.82 Å². The summed E-state index contributed by atoms with van der Waals surface area (Å²) in [5.41, 5.74) is -0.0762. The van der Waals surface area contributed by atoms with Crippen LogP contribution in [0, 0.1) is 16.7 Å². The van der Waals surface area contributed by atoms with Crippen molar-refractivity contribution < 1.29 is 0 Å². The first-order valence-electron chi connectivity index (χ1n) is 3.13. The van der Waals surface area contributed by atoms with Crippen LogP contribution in [0.4, 0.5) is 0 Å². The van der Waals surface area contributed by atoms with Crippen LogP contribution < -0.4 is 0 Å². The van der Waals surface area contributed by atoms with E-state index in [1.807, 2.05) is 5.87 Å². The highest BCUT2D eigenvalue weighted by atomic mass is 32.2. The van der Waals surface area contributed by atoms with E-state index in [1.54, 1.807) is 12.3 Å². The molecule has 1 rings (SSSR count). The molecule has 0 atom stereocenters. The molecular weight excluding hydrogens is 188 g/mol. The van der Waals surface area contributed by atoms with Gasteiger partial charge in [0.15, 0.2) is 5.57 Å². The smallest absolute Gasteiger partial charge is 0.229 e. The van der Waals surface area contributed by atoms with Crippen molar-refractivity contribution in [1.82, 2.24) is 20.4 Å². The lowest BCUT2D eigenvalue weighted by molar-refractivity contribution is 0.734. The third-order valence-corrected chi connectivity index (χ3v) is 1.63. The minimum atomic E-state index is -0.0762. The van der Waals surface area contributed by atoms with Gasteiger partial charge >= 0.3 is 0 Å². The molecular formula is C6H4N6S. The van der Waals surface area contributed by atoms with E-state index in [1.165, 1.54) is 11.8 Å². The Hall–Kier alpha value is -1.77. The molecule has 0 unspecified atom stereocenters. The van der Waals surface area contributed by atoms with Crippen molar-refractivity contribution >= 4 is 23.2 Å². The summed E-state index contributed by atoms with van der Waals surface area (Å²) in [6.45, 7) is 0. The fourth-order valence-corrected chi connectivity index (χ4v) is 0.781. The number of nitriles is 1. The number of aromatic nitrogens is 4. The molecule has 64 valence electrons. The van der Waals surface area contributed by atoms with Crippen LogP contribution in [0.3, 0.4) is 0 Å². The fourth-order valence-electron chi connectivity index (χ4n) is 0.536. The predicted octanol–water partition coefficient (Wildman–Crippen LogP) is 0.144. The standard InChI is InChI=1S/C6H4N6S/c1-13-6-11-9-5(10-12-6)4(2-7)3-8/h7H,1H3. The average molecular weight is 192 g/mol. The Balaban J connectivity index is 3.07. The molecule has 0 fully saturated rings. The number of nitrogens with one attached hydrogen (secondary N) is 1. The van der Waals surface area contributed by atoms with Crippen LogP contribution in [0.15, 0.2) is 5.16 Å². The van der Waals surface area contributed by atoms with Crippen molar-refractivity contribution in [1.29, 1.82) is 10.7 Å². The van der Waals surface area contributed by atoms with E-state index < -0.39 is 0 Å². The number of rotatable bonds is 2. The third-order valence-electron chi connectivity index (χ3n) is 1.10. The maximum atomic E-state index is 8.50. The van der Waals surface area contributed by atoms with Gasteiger partial charge in [0.25, 0.3) is 0 Å². The highest BCUT2D eigenvalue weighted by molar-refractivity contribution is 7.98. The molecule has 0 aliphatic rings. The second-order valence-corrected chi connectivity index (χ2v) is 2.60. The van der Waals surface area contributed by atoms with Gasteiger partial charge in [-0.25, -0.2) is 0 Å². The summed E-state index contributed by atoms with van der Waals surface area (Å²) in [5, 5.41) is 30.2. The highest BCUT2D eigenvalue weighted by Crippen LogP contribution is 2.05. The van der Waals surface area contributed by atoms with Gasteiger partial charge < -0.3 is 0 Å². The monoisotopic (exact) mass is 192 g/mol. The van der Waals surface area contributed by atoms with Crippen molar-refractivity contribution in [2.24, 2.45) is 0 Å². The third kappa shape index (κ3) is 2.08. The molecule has 1 heterocycles. The Kier molecular flexibility index (Phi) is 3.09. The Morgan fingerprint density at radius 2 is 2.00 bits per heavy atom. The lowest BCUT2D eigenvalue weighted by Gasteiger charge is -1.92. The van der Waals surface area contributed by atoms with Crippen LogP contribution in [-0.2, 0) is 0 Å². The molecule has 0 saturated heterocycles. The fraction of sp³-hybridized carbons (Fsp3) is 0.167. The van der Waals surface area contributed by atoms with E-state index in [-0.39, 0.29) is 11.4 Å². The number of nitrogens with zero attached hydrogens (tertiary/aromatic N) is 5. The topological polar surface area (TPSA) is 99.2 Å². The first kappa shape index (κ1) is 9.32. The van der Waals surface area contributed by atoms with Gasteiger partial charge in [0.2, 0.25) is 11.0 Å². The van der Waals surface area contributed by atoms with Crippen LogP contribution in [-0.4, -0.2) is 32.5 Å². The average Bonchev–Trinajstić information content (AvgIpc) is 2.21. The number of hydrogen-bond acceptors (Lipinski definition) is 7. The Morgan fingerprint density at radius 1 is 1.38 bits per heavy atom. The minimum Gasteiger partial charge on any atom is -0.257 e. The molecule has 0 aliphatic carbocycles. The molecule has 1 N–H and O–H groups in total. The van der Waals surface area contributed by atoms with Gasteiger partial charge in [-0.3, -0.25) is 5.41 Å². The Labute approximate surface area is 78.2 Å². The Morgan fingerprint density at radius 3 is 2.38 bits per heavy atom. The van der Waals surface area contributed by atoms with Gasteiger partial charge in [-0.15, -0.1) is 20.4 Å². The first-order valence-corrected chi connectivity index (χ1v) is 4.36. The summed E-state index contributed by atoms with van der Waals surface area (Å²) in [7, 11) is 0. The molecule has 6 nitrogen and oxygen atoms in total. The van der Waals surface area contributed by atoms with Crippen molar-refractivity contribution in [2.75, 3.05) is 6.26 Å². The normalized spacial score (nSPS) is 8.62.